The third kappa shape index (κ3) is 6.50. The quantitative estimate of drug-likeness (QED) is 0.607. The molecule has 0 unspecified atom stereocenters. The van der Waals surface area contributed by atoms with Gasteiger partial charge in [0.1, 0.15) is 6.61 Å². The molecule has 2 fully saturated rings. The first-order valence-corrected chi connectivity index (χ1v) is 13.7. The molecule has 2 saturated heterocycles. The van der Waals surface area contributed by atoms with E-state index in [-0.39, 0.29) is 23.6 Å². The van der Waals surface area contributed by atoms with Crippen LogP contribution in [0.5, 0.6) is 0 Å². The largest absolute Gasteiger partial charge is 0.448 e. The van der Waals surface area contributed by atoms with Crippen molar-refractivity contribution in [2.75, 3.05) is 26.2 Å². The number of ether oxygens (including phenoxy) is 1. The third-order valence-corrected chi connectivity index (χ3v) is 8.78. The van der Waals surface area contributed by atoms with Gasteiger partial charge >= 0.3 is 6.09 Å². The number of nitrogens with one attached hydrogen (secondary N) is 1. The summed E-state index contributed by atoms with van der Waals surface area (Å²) < 4.78 is 33.3. The molecule has 7 nitrogen and oxygen atoms in total. The Morgan fingerprint density at radius 3 is 2.38 bits per heavy atom. The predicted molar refractivity (Wildman–Crippen MR) is 132 cm³/mol. The highest BCUT2D eigenvalue weighted by Crippen LogP contribution is 2.26. The molecule has 1 amide bonds. The molecular formula is C25H32ClN3O4S. The normalized spacial score (nSPS) is 20.7. The summed E-state index contributed by atoms with van der Waals surface area (Å²) in [5.74, 6) is 0. The fourth-order valence-electron chi connectivity index (χ4n) is 4.66. The molecule has 0 aliphatic carbocycles. The number of carbonyl (C=O) groups is 1. The minimum atomic E-state index is -3.68. The average molecular weight is 506 g/mol. The maximum atomic E-state index is 13.2. The second kappa shape index (κ2) is 11.5. The summed E-state index contributed by atoms with van der Waals surface area (Å²) >= 11 is 5.91. The van der Waals surface area contributed by atoms with Crippen molar-refractivity contribution in [1.29, 1.82) is 0 Å². The zero-order valence-electron chi connectivity index (χ0n) is 19.2. The van der Waals surface area contributed by atoms with Crippen LogP contribution in [0.1, 0.15) is 37.7 Å². The van der Waals surface area contributed by atoms with Gasteiger partial charge in [-0.1, -0.05) is 48.4 Å². The van der Waals surface area contributed by atoms with Gasteiger partial charge in [0.25, 0.3) is 0 Å². The third-order valence-electron chi connectivity index (χ3n) is 6.56. The number of nitrogens with zero attached hydrogens (tertiary/aromatic N) is 2. The Bertz CT molecular complexity index is 1040. The van der Waals surface area contributed by atoms with Crippen molar-refractivity contribution in [3.63, 3.8) is 0 Å². The number of rotatable bonds is 7. The molecule has 0 radical (unpaired) electrons. The highest BCUT2D eigenvalue weighted by atomic mass is 35.5. The zero-order chi connectivity index (χ0) is 24.0. The van der Waals surface area contributed by atoms with Gasteiger partial charge < -0.3 is 10.1 Å². The lowest BCUT2D eigenvalue weighted by Gasteiger charge is -2.35. The van der Waals surface area contributed by atoms with Crippen molar-refractivity contribution in [2.24, 2.45) is 0 Å². The van der Waals surface area contributed by atoms with Gasteiger partial charge in [-0.15, -0.1) is 0 Å². The fourth-order valence-corrected chi connectivity index (χ4v) is 6.46. The van der Waals surface area contributed by atoms with Gasteiger partial charge in [0.15, 0.2) is 0 Å². The molecular weight excluding hydrogens is 474 g/mol. The van der Waals surface area contributed by atoms with Gasteiger partial charge in [-0.25, -0.2) is 13.2 Å². The Hall–Kier alpha value is -2.13. The first-order chi connectivity index (χ1) is 16.4. The van der Waals surface area contributed by atoms with Gasteiger partial charge in [0, 0.05) is 37.2 Å². The van der Waals surface area contributed by atoms with E-state index in [0.717, 1.165) is 45.3 Å². The van der Waals surface area contributed by atoms with Crippen molar-refractivity contribution in [3.8, 4) is 0 Å². The number of halogens is 1. The fraction of sp³-hybridized carbons (Fsp3) is 0.480. The molecule has 184 valence electrons. The maximum absolute atomic E-state index is 13.2. The summed E-state index contributed by atoms with van der Waals surface area (Å²) in [5.41, 5.74) is 1.29. The highest BCUT2D eigenvalue weighted by molar-refractivity contribution is 7.89. The van der Waals surface area contributed by atoms with E-state index in [9.17, 15) is 13.2 Å². The molecule has 0 spiro atoms. The van der Waals surface area contributed by atoms with E-state index < -0.39 is 16.1 Å². The summed E-state index contributed by atoms with van der Waals surface area (Å²) in [7, 11) is -3.68. The highest BCUT2D eigenvalue weighted by Gasteiger charge is 2.34. The van der Waals surface area contributed by atoms with Crippen LogP contribution in [0.15, 0.2) is 59.5 Å². The molecule has 2 aromatic carbocycles. The number of alkyl carbamates (subject to hydrolysis) is 1. The Morgan fingerprint density at radius 1 is 0.971 bits per heavy atom. The molecule has 2 aliphatic heterocycles. The van der Waals surface area contributed by atoms with Gasteiger partial charge in [0.05, 0.1) is 10.9 Å². The van der Waals surface area contributed by atoms with Crippen molar-refractivity contribution < 1.29 is 17.9 Å². The molecule has 2 aromatic rings. The summed E-state index contributed by atoms with van der Waals surface area (Å²) in [4.78, 5) is 15.1. The second-order valence-corrected chi connectivity index (χ2v) is 11.3. The van der Waals surface area contributed by atoms with Crippen molar-refractivity contribution in [1.82, 2.24) is 14.5 Å². The van der Waals surface area contributed by atoms with E-state index in [1.807, 2.05) is 18.2 Å². The standard InChI is InChI=1S/C25H32ClN3O4S/c26-21-9-11-24(12-10-21)34(31,32)29-15-5-4-8-23(29)19-33-25(30)27-22-13-16-28(17-14-22)18-20-6-2-1-3-7-20/h1-3,6-7,9-12,22-23H,4-5,8,13-19H2,(H,27,30)/t23-/m0/s1. The first kappa shape index (κ1) is 25.0. The van der Waals surface area contributed by atoms with E-state index in [0.29, 0.717) is 18.0 Å². The van der Waals surface area contributed by atoms with Crippen LogP contribution in [0.25, 0.3) is 0 Å². The number of hydrogen-bond acceptors (Lipinski definition) is 5. The van der Waals surface area contributed by atoms with Gasteiger partial charge in [-0.2, -0.15) is 4.31 Å². The summed E-state index contributed by atoms with van der Waals surface area (Å²) in [6.45, 7) is 3.20. The molecule has 0 saturated carbocycles. The van der Waals surface area contributed by atoms with Crippen LogP contribution < -0.4 is 5.32 Å². The molecule has 2 heterocycles. The molecule has 9 heteroatoms. The van der Waals surface area contributed by atoms with Gasteiger partial charge in [-0.05, 0) is 55.5 Å². The summed E-state index contributed by atoms with van der Waals surface area (Å²) in [5, 5.41) is 3.45. The van der Waals surface area contributed by atoms with E-state index in [1.165, 1.54) is 22.0 Å². The number of benzene rings is 2. The number of piperidine rings is 2. The Morgan fingerprint density at radius 2 is 1.68 bits per heavy atom. The Kier molecular flexibility index (Phi) is 8.47. The number of amides is 1. The molecule has 0 bridgehead atoms. The monoisotopic (exact) mass is 505 g/mol. The van der Waals surface area contributed by atoms with Crippen LogP contribution in [0, 0.1) is 0 Å². The van der Waals surface area contributed by atoms with E-state index in [4.69, 9.17) is 16.3 Å². The van der Waals surface area contributed by atoms with Crippen LogP contribution in [-0.2, 0) is 21.3 Å². The van der Waals surface area contributed by atoms with E-state index >= 15 is 0 Å². The zero-order valence-corrected chi connectivity index (χ0v) is 20.8. The second-order valence-electron chi connectivity index (χ2n) is 9.00. The van der Waals surface area contributed by atoms with Gasteiger partial charge in [0.2, 0.25) is 10.0 Å². The Labute approximate surface area is 207 Å². The lowest BCUT2D eigenvalue weighted by Crippen LogP contribution is -2.48. The van der Waals surface area contributed by atoms with E-state index in [2.05, 4.69) is 22.3 Å². The number of hydrogen-bond donors (Lipinski definition) is 1. The average Bonchev–Trinajstić information content (AvgIpc) is 2.85. The maximum Gasteiger partial charge on any atom is 0.407 e. The minimum absolute atomic E-state index is 0.0471. The number of carbonyl (C=O) groups excluding carboxylic acids is 1. The topological polar surface area (TPSA) is 79.0 Å². The number of likely N-dealkylation sites (tertiary alicyclic amines) is 1. The lowest BCUT2D eigenvalue weighted by molar-refractivity contribution is 0.0974. The van der Waals surface area contributed by atoms with Crippen LogP contribution >= 0.6 is 11.6 Å². The Balaban J connectivity index is 1.25. The molecule has 4 rings (SSSR count). The van der Waals surface area contributed by atoms with Crippen molar-refractivity contribution >= 4 is 27.7 Å². The molecule has 0 aromatic heterocycles. The van der Waals surface area contributed by atoms with Crippen LogP contribution in [0.2, 0.25) is 5.02 Å². The minimum Gasteiger partial charge on any atom is -0.448 e. The van der Waals surface area contributed by atoms with E-state index in [1.54, 1.807) is 12.1 Å². The molecule has 34 heavy (non-hydrogen) atoms. The van der Waals surface area contributed by atoms with Crippen LogP contribution in [0.3, 0.4) is 0 Å². The van der Waals surface area contributed by atoms with Crippen LogP contribution in [0.4, 0.5) is 4.79 Å². The molecule has 1 atom stereocenters. The smallest absolute Gasteiger partial charge is 0.407 e. The van der Waals surface area contributed by atoms with Crippen molar-refractivity contribution in [3.05, 3.63) is 65.2 Å². The van der Waals surface area contributed by atoms with Gasteiger partial charge in [-0.3, -0.25) is 4.90 Å². The SMILES string of the molecule is O=C(NC1CCN(Cc2ccccc2)CC1)OC[C@@H]1CCCCN1S(=O)(=O)c1ccc(Cl)cc1. The molecule has 1 N–H and O–H groups in total. The lowest BCUT2D eigenvalue weighted by atomic mass is 10.0. The number of sulfonamides is 1. The predicted octanol–water partition coefficient (Wildman–Crippen LogP) is 4.27. The molecule has 2 aliphatic rings. The summed E-state index contributed by atoms with van der Waals surface area (Å²) in [6.07, 6.45) is 3.61. The van der Waals surface area contributed by atoms with Crippen molar-refractivity contribution in [2.45, 2.75) is 55.6 Å². The van der Waals surface area contributed by atoms with Crippen LogP contribution in [-0.4, -0.2) is 62.0 Å². The summed E-state index contributed by atoms with van der Waals surface area (Å²) in [6, 6.07) is 16.2. The first-order valence-electron chi connectivity index (χ1n) is 11.9.